The van der Waals surface area contributed by atoms with Gasteiger partial charge in [0.05, 0.1) is 12.3 Å². The van der Waals surface area contributed by atoms with Crippen molar-refractivity contribution in [3.05, 3.63) is 94.4 Å². The van der Waals surface area contributed by atoms with Gasteiger partial charge in [-0.3, -0.25) is 9.59 Å². The number of allylic oxidation sites excluding steroid dienone is 4. The number of rotatable bonds is 8. The van der Waals surface area contributed by atoms with Crippen LogP contribution in [0.25, 0.3) is 11.3 Å². The predicted molar refractivity (Wildman–Crippen MR) is 140 cm³/mol. The van der Waals surface area contributed by atoms with Gasteiger partial charge < -0.3 is 9.47 Å². The molecule has 2 aromatic carbocycles. The first-order valence-electron chi connectivity index (χ1n) is 11.6. The number of nitrogens with one attached hydrogen (secondary N) is 1. The molecule has 1 N–H and O–H groups in total. The van der Waals surface area contributed by atoms with E-state index >= 15 is 0 Å². The lowest BCUT2D eigenvalue weighted by Crippen LogP contribution is -2.34. The van der Waals surface area contributed by atoms with Gasteiger partial charge in [0.1, 0.15) is 22.0 Å². The van der Waals surface area contributed by atoms with E-state index in [1.807, 2.05) is 61.9 Å². The minimum atomic E-state index is -4.39. The number of Topliss-reactive ketones (excluding diaryl/α,β-unsaturated/α-hetero) is 1. The highest BCUT2D eigenvalue weighted by Gasteiger charge is 2.29. The van der Waals surface area contributed by atoms with Gasteiger partial charge in [-0.15, -0.1) is 0 Å². The third-order valence-electron chi connectivity index (χ3n) is 5.58. The van der Waals surface area contributed by atoms with Crippen molar-refractivity contribution in [3.63, 3.8) is 0 Å². The Balaban J connectivity index is 1.72. The average molecular weight is 519 g/mol. The Kier molecular flexibility index (Phi) is 7.54. The lowest BCUT2D eigenvalue weighted by molar-refractivity contribution is -0.114. The molecule has 37 heavy (non-hydrogen) atoms. The number of benzene rings is 2. The van der Waals surface area contributed by atoms with Gasteiger partial charge in [0, 0.05) is 12.0 Å². The molecule has 0 spiro atoms. The smallest absolute Gasteiger partial charge is 0.270 e. The summed E-state index contributed by atoms with van der Waals surface area (Å²) in [5.74, 6) is -0.461. The lowest BCUT2D eigenvalue weighted by Gasteiger charge is -2.15. The van der Waals surface area contributed by atoms with E-state index in [9.17, 15) is 18.0 Å². The van der Waals surface area contributed by atoms with Crippen LogP contribution in [0.15, 0.2) is 77.7 Å². The van der Waals surface area contributed by atoms with E-state index in [0.717, 1.165) is 16.7 Å². The quantitative estimate of drug-likeness (QED) is 0.445. The van der Waals surface area contributed by atoms with Gasteiger partial charge in [0.25, 0.3) is 15.9 Å². The Morgan fingerprint density at radius 1 is 1.05 bits per heavy atom. The third-order valence-corrected chi connectivity index (χ3v) is 6.98. The van der Waals surface area contributed by atoms with Crippen LogP contribution < -0.4 is 14.2 Å². The molecular formula is C28H26N2O6S. The SMILES string of the molecule is CCOc1ccc(-c2ccc(C(=O)NS(=O)(=O)C3=CC=CCC3=O)c(Oc3ccc(C)cc3C)n2)cc1. The number of hydrogen-bond acceptors (Lipinski definition) is 7. The molecule has 1 aliphatic rings. The van der Waals surface area contributed by atoms with E-state index in [0.29, 0.717) is 23.8 Å². The topological polar surface area (TPSA) is 112 Å². The highest BCUT2D eigenvalue weighted by Crippen LogP contribution is 2.31. The molecule has 8 nitrogen and oxygen atoms in total. The molecule has 190 valence electrons. The van der Waals surface area contributed by atoms with E-state index in [-0.39, 0.29) is 17.9 Å². The number of ether oxygens (including phenoxy) is 2. The molecule has 3 aromatic rings. The van der Waals surface area contributed by atoms with Gasteiger partial charge >= 0.3 is 0 Å². The fourth-order valence-corrected chi connectivity index (χ4v) is 4.86. The first kappa shape index (κ1) is 25.8. The standard InChI is InChI=1S/C28H26N2O6S/c1-4-35-21-12-10-20(11-13-21)23-15-14-22(28(29-23)36-25-16-9-18(2)17-19(25)3)27(32)30-37(33,34)26-8-6-5-7-24(26)31/h5-6,8-17H,4,7H2,1-3H3,(H,30,32). The van der Waals surface area contributed by atoms with Crippen molar-refractivity contribution >= 4 is 21.7 Å². The Bertz CT molecular complexity index is 1520. The molecule has 9 heteroatoms. The molecule has 0 saturated carbocycles. The van der Waals surface area contributed by atoms with Crippen molar-refractivity contribution in [2.45, 2.75) is 27.2 Å². The van der Waals surface area contributed by atoms with Gasteiger partial charge in [-0.1, -0.05) is 29.8 Å². The van der Waals surface area contributed by atoms with Crippen molar-refractivity contribution in [1.82, 2.24) is 9.71 Å². The Labute approximate surface area is 215 Å². The number of carbonyl (C=O) groups is 2. The summed E-state index contributed by atoms with van der Waals surface area (Å²) in [5.41, 5.74) is 3.01. The molecule has 0 radical (unpaired) electrons. The number of hydrogen-bond donors (Lipinski definition) is 1. The van der Waals surface area contributed by atoms with Crippen molar-refractivity contribution in [3.8, 4) is 28.6 Å². The molecule has 1 heterocycles. The summed E-state index contributed by atoms with van der Waals surface area (Å²) in [5, 5.41) is 0. The second-order valence-electron chi connectivity index (χ2n) is 8.40. The van der Waals surface area contributed by atoms with Crippen molar-refractivity contribution in [1.29, 1.82) is 0 Å². The van der Waals surface area contributed by atoms with Crippen molar-refractivity contribution in [2.75, 3.05) is 6.61 Å². The van der Waals surface area contributed by atoms with Crippen molar-refractivity contribution in [2.24, 2.45) is 0 Å². The van der Waals surface area contributed by atoms with E-state index in [4.69, 9.17) is 9.47 Å². The number of sulfonamides is 1. The van der Waals surface area contributed by atoms with Crippen LogP contribution in [0.1, 0.15) is 34.8 Å². The van der Waals surface area contributed by atoms with Gasteiger partial charge in [0.15, 0.2) is 5.78 Å². The second-order valence-corrected chi connectivity index (χ2v) is 10.0. The second kappa shape index (κ2) is 10.8. The number of pyridine rings is 1. The predicted octanol–water partition coefficient (Wildman–Crippen LogP) is 5.03. The highest BCUT2D eigenvalue weighted by molar-refractivity contribution is 7.95. The Hall–Kier alpha value is -4.24. The van der Waals surface area contributed by atoms with E-state index in [1.165, 1.54) is 18.2 Å². The summed E-state index contributed by atoms with van der Waals surface area (Å²) in [4.78, 5) is 29.3. The van der Waals surface area contributed by atoms with E-state index in [2.05, 4.69) is 4.98 Å². The molecule has 1 aromatic heterocycles. The summed E-state index contributed by atoms with van der Waals surface area (Å²) in [7, 11) is -4.39. The summed E-state index contributed by atoms with van der Waals surface area (Å²) in [6.07, 6.45) is 4.12. The first-order chi connectivity index (χ1) is 17.7. The number of aryl methyl sites for hydroxylation is 2. The summed E-state index contributed by atoms with van der Waals surface area (Å²) >= 11 is 0. The highest BCUT2D eigenvalue weighted by atomic mass is 32.2. The van der Waals surface area contributed by atoms with Gasteiger partial charge in [-0.05, 0) is 74.9 Å². The third kappa shape index (κ3) is 5.95. The maximum Gasteiger partial charge on any atom is 0.270 e. The fourth-order valence-electron chi connectivity index (χ4n) is 3.75. The monoisotopic (exact) mass is 518 g/mol. The van der Waals surface area contributed by atoms with Crippen LogP contribution in [0.5, 0.6) is 17.4 Å². The van der Waals surface area contributed by atoms with Crippen LogP contribution in [0.4, 0.5) is 0 Å². The molecule has 0 bridgehead atoms. The Morgan fingerprint density at radius 2 is 1.81 bits per heavy atom. The lowest BCUT2D eigenvalue weighted by atomic mass is 10.1. The van der Waals surface area contributed by atoms with Gasteiger partial charge in [-0.25, -0.2) is 18.1 Å². The van der Waals surface area contributed by atoms with Crippen LogP contribution in [0.3, 0.4) is 0 Å². The van der Waals surface area contributed by atoms with Crippen LogP contribution in [-0.2, 0) is 14.8 Å². The first-order valence-corrected chi connectivity index (χ1v) is 13.1. The van der Waals surface area contributed by atoms with E-state index in [1.54, 1.807) is 18.2 Å². The average Bonchev–Trinajstić information content (AvgIpc) is 2.86. The van der Waals surface area contributed by atoms with Crippen LogP contribution in [0.2, 0.25) is 0 Å². The summed E-state index contributed by atoms with van der Waals surface area (Å²) < 4.78 is 39.1. The van der Waals surface area contributed by atoms with Gasteiger partial charge in [0.2, 0.25) is 5.88 Å². The molecule has 0 atom stereocenters. The molecule has 0 fully saturated rings. The molecule has 0 aliphatic heterocycles. The van der Waals surface area contributed by atoms with Crippen LogP contribution >= 0.6 is 0 Å². The minimum Gasteiger partial charge on any atom is -0.494 e. The zero-order valence-electron chi connectivity index (χ0n) is 20.6. The summed E-state index contributed by atoms with van der Waals surface area (Å²) in [6.45, 7) is 6.24. The number of carbonyl (C=O) groups excluding carboxylic acids is 2. The summed E-state index contributed by atoms with van der Waals surface area (Å²) in [6, 6.07) is 15.8. The van der Waals surface area contributed by atoms with Crippen LogP contribution in [0, 0.1) is 13.8 Å². The maximum atomic E-state index is 13.1. The largest absolute Gasteiger partial charge is 0.494 e. The fraction of sp³-hybridized carbons (Fsp3) is 0.179. The van der Waals surface area contributed by atoms with Crippen LogP contribution in [-0.4, -0.2) is 31.7 Å². The zero-order valence-corrected chi connectivity index (χ0v) is 21.5. The molecular weight excluding hydrogens is 492 g/mol. The number of amides is 1. The normalized spacial score (nSPS) is 13.2. The number of aromatic nitrogens is 1. The molecule has 1 amide bonds. The number of ketones is 1. The maximum absolute atomic E-state index is 13.1. The zero-order chi connectivity index (χ0) is 26.6. The Morgan fingerprint density at radius 3 is 2.49 bits per heavy atom. The van der Waals surface area contributed by atoms with E-state index < -0.39 is 26.6 Å². The number of nitrogens with zero attached hydrogens (tertiary/aromatic N) is 1. The molecule has 0 unspecified atom stereocenters. The minimum absolute atomic E-state index is 0.0552. The van der Waals surface area contributed by atoms with Crippen molar-refractivity contribution < 1.29 is 27.5 Å². The molecule has 4 rings (SSSR count). The molecule has 0 saturated heterocycles. The van der Waals surface area contributed by atoms with Gasteiger partial charge in [-0.2, -0.15) is 0 Å². The molecule has 1 aliphatic carbocycles.